The molecular formula is C24H34ClNO3S. The molecule has 166 valence electrons. The number of hydrogen-bond acceptors (Lipinski definition) is 3. The summed E-state index contributed by atoms with van der Waals surface area (Å²) in [5, 5.41) is 9.69. The third-order valence-corrected chi connectivity index (χ3v) is 7.72. The van der Waals surface area contributed by atoms with E-state index in [4.69, 9.17) is 11.6 Å². The Morgan fingerprint density at radius 1 is 0.933 bits per heavy atom. The molecule has 0 heterocycles. The molecule has 3 atom stereocenters. The van der Waals surface area contributed by atoms with Gasteiger partial charge in [0.25, 0.3) is 0 Å². The molecule has 2 unspecified atom stereocenters. The second kappa shape index (κ2) is 11.8. The van der Waals surface area contributed by atoms with Gasteiger partial charge in [-0.15, -0.1) is 0 Å². The fourth-order valence-corrected chi connectivity index (χ4v) is 5.44. The van der Waals surface area contributed by atoms with Crippen molar-refractivity contribution < 1.29 is 13.5 Å². The Labute approximate surface area is 186 Å². The lowest BCUT2D eigenvalue weighted by Gasteiger charge is -2.28. The fraction of sp³-hybridized carbons (Fsp3) is 0.500. The predicted octanol–water partition coefficient (Wildman–Crippen LogP) is 5.57. The van der Waals surface area contributed by atoms with Gasteiger partial charge in [0.1, 0.15) is 0 Å². The van der Waals surface area contributed by atoms with E-state index in [1.54, 1.807) is 28.6 Å². The van der Waals surface area contributed by atoms with Gasteiger partial charge in [0.05, 0.1) is 4.90 Å². The maximum atomic E-state index is 13.3. The number of rotatable bonds is 12. The Morgan fingerprint density at radius 3 is 2.17 bits per heavy atom. The molecule has 0 spiro atoms. The molecule has 0 amide bonds. The minimum atomic E-state index is -3.61. The van der Waals surface area contributed by atoms with Crippen molar-refractivity contribution >= 4 is 21.6 Å². The number of aliphatic hydroxyl groups is 1. The molecule has 4 nitrogen and oxygen atoms in total. The van der Waals surface area contributed by atoms with Gasteiger partial charge in [0.15, 0.2) is 0 Å². The van der Waals surface area contributed by atoms with Gasteiger partial charge in [0, 0.05) is 24.7 Å². The van der Waals surface area contributed by atoms with Gasteiger partial charge in [-0.1, -0.05) is 62.7 Å². The van der Waals surface area contributed by atoms with Gasteiger partial charge in [-0.05, 0) is 66.8 Å². The number of sulfonamides is 1. The van der Waals surface area contributed by atoms with Crippen molar-refractivity contribution in [2.45, 2.75) is 50.8 Å². The molecule has 0 aliphatic carbocycles. The first-order chi connectivity index (χ1) is 14.2. The van der Waals surface area contributed by atoms with Crippen LogP contribution in [0.2, 0.25) is 5.02 Å². The lowest BCUT2D eigenvalue weighted by molar-refractivity contribution is 0.248. The predicted molar refractivity (Wildman–Crippen MR) is 124 cm³/mol. The molecule has 6 heteroatoms. The molecular weight excluding hydrogens is 418 g/mol. The standard InChI is InChI=1S/C24H34ClNO3S/c1-19(14-16-27)13-15-26(30(28,29)24-11-9-23(25)10-12-24)18-20(2)17-21(3)22-7-5-4-6-8-22/h4-12,19-21,27H,13-18H2,1-3H3/t19-,20?,21?/m1/s1. The maximum absolute atomic E-state index is 13.3. The molecule has 0 fully saturated rings. The monoisotopic (exact) mass is 451 g/mol. The van der Waals surface area contributed by atoms with E-state index < -0.39 is 10.0 Å². The van der Waals surface area contributed by atoms with E-state index in [-0.39, 0.29) is 23.3 Å². The van der Waals surface area contributed by atoms with Crippen LogP contribution in [0, 0.1) is 11.8 Å². The van der Waals surface area contributed by atoms with E-state index in [1.165, 1.54) is 5.56 Å². The van der Waals surface area contributed by atoms with Gasteiger partial charge < -0.3 is 5.11 Å². The average Bonchev–Trinajstić information content (AvgIpc) is 2.72. The number of aliphatic hydroxyl groups excluding tert-OH is 1. The SMILES string of the molecule is CC(CC(C)c1ccccc1)CN(CC[C@@H](C)CCO)S(=O)(=O)c1ccc(Cl)cc1. The van der Waals surface area contributed by atoms with E-state index in [2.05, 4.69) is 26.0 Å². The van der Waals surface area contributed by atoms with Crippen LogP contribution in [0.25, 0.3) is 0 Å². The van der Waals surface area contributed by atoms with Crippen molar-refractivity contribution in [3.05, 3.63) is 65.2 Å². The summed E-state index contributed by atoms with van der Waals surface area (Å²) in [4.78, 5) is 0.269. The van der Waals surface area contributed by atoms with Crippen LogP contribution in [0.5, 0.6) is 0 Å². The van der Waals surface area contributed by atoms with Crippen molar-refractivity contribution in [3.8, 4) is 0 Å². The van der Waals surface area contributed by atoms with Gasteiger partial charge in [0.2, 0.25) is 10.0 Å². The van der Waals surface area contributed by atoms with Crippen LogP contribution in [-0.2, 0) is 10.0 Å². The maximum Gasteiger partial charge on any atom is 0.243 e. The van der Waals surface area contributed by atoms with Gasteiger partial charge in [-0.3, -0.25) is 0 Å². The summed E-state index contributed by atoms with van der Waals surface area (Å²) < 4.78 is 28.3. The Balaban J connectivity index is 2.14. The lowest BCUT2D eigenvalue weighted by atomic mass is 9.91. The summed E-state index contributed by atoms with van der Waals surface area (Å²) >= 11 is 5.95. The minimum Gasteiger partial charge on any atom is -0.396 e. The largest absolute Gasteiger partial charge is 0.396 e. The summed E-state index contributed by atoms with van der Waals surface area (Å²) in [6.07, 6.45) is 2.30. The first-order valence-corrected chi connectivity index (χ1v) is 12.5. The summed E-state index contributed by atoms with van der Waals surface area (Å²) in [5.74, 6) is 0.821. The van der Waals surface area contributed by atoms with Crippen molar-refractivity contribution in [2.24, 2.45) is 11.8 Å². The van der Waals surface area contributed by atoms with E-state index in [0.717, 1.165) is 6.42 Å². The minimum absolute atomic E-state index is 0.121. The molecule has 30 heavy (non-hydrogen) atoms. The quantitative estimate of drug-likeness (QED) is 0.459. The molecule has 0 aliphatic rings. The van der Waals surface area contributed by atoms with Crippen molar-refractivity contribution in [2.75, 3.05) is 19.7 Å². The van der Waals surface area contributed by atoms with Gasteiger partial charge >= 0.3 is 0 Å². The molecule has 0 saturated heterocycles. The van der Waals surface area contributed by atoms with Crippen LogP contribution in [-0.4, -0.2) is 37.5 Å². The Hall–Kier alpha value is -1.40. The number of nitrogens with zero attached hydrogens (tertiary/aromatic N) is 1. The summed E-state index contributed by atoms with van der Waals surface area (Å²) in [5.41, 5.74) is 1.27. The first-order valence-electron chi connectivity index (χ1n) is 10.7. The highest BCUT2D eigenvalue weighted by Gasteiger charge is 2.27. The van der Waals surface area contributed by atoms with Crippen molar-refractivity contribution in [3.63, 3.8) is 0 Å². The van der Waals surface area contributed by atoms with E-state index in [0.29, 0.717) is 36.9 Å². The number of benzene rings is 2. The third kappa shape index (κ3) is 7.38. The first kappa shape index (κ1) is 24.9. The molecule has 0 aliphatic heterocycles. The Kier molecular flexibility index (Phi) is 9.82. The topological polar surface area (TPSA) is 57.6 Å². The van der Waals surface area contributed by atoms with E-state index in [9.17, 15) is 13.5 Å². The zero-order valence-electron chi connectivity index (χ0n) is 18.2. The Morgan fingerprint density at radius 2 is 1.57 bits per heavy atom. The van der Waals surface area contributed by atoms with Gasteiger partial charge in [-0.2, -0.15) is 4.31 Å². The summed E-state index contributed by atoms with van der Waals surface area (Å²) in [6, 6.07) is 16.7. The lowest BCUT2D eigenvalue weighted by Crippen LogP contribution is -2.36. The Bertz CT molecular complexity index is 856. The molecule has 1 N–H and O–H groups in total. The van der Waals surface area contributed by atoms with Crippen molar-refractivity contribution in [1.82, 2.24) is 4.31 Å². The smallest absolute Gasteiger partial charge is 0.243 e. The second-order valence-electron chi connectivity index (χ2n) is 8.38. The summed E-state index contributed by atoms with van der Waals surface area (Å²) in [7, 11) is -3.61. The average molecular weight is 452 g/mol. The number of halogens is 1. The summed E-state index contributed by atoms with van der Waals surface area (Å²) in [6.45, 7) is 7.37. The molecule has 0 radical (unpaired) electrons. The molecule has 0 aromatic heterocycles. The third-order valence-electron chi connectivity index (χ3n) is 5.58. The molecule has 2 aromatic carbocycles. The van der Waals surface area contributed by atoms with Gasteiger partial charge in [-0.25, -0.2) is 8.42 Å². The van der Waals surface area contributed by atoms with Crippen LogP contribution < -0.4 is 0 Å². The van der Waals surface area contributed by atoms with Crippen LogP contribution in [0.1, 0.15) is 51.5 Å². The fourth-order valence-electron chi connectivity index (χ4n) is 3.74. The van der Waals surface area contributed by atoms with Crippen LogP contribution in [0.15, 0.2) is 59.5 Å². The molecule has 2 rings (SSSR count). The molecule has 2 aromatic rings. The molecule has 0 bridgehead atoms. The highest BCUT2D eigenvalue weighted by molar-refractivity contribution is 7.89. The number of hydrogen-bond donors (Lipinski definition) is 1. The van der Waals surface area contributed by atoms with Crippen LogP contribution in [0.3, 0.4) is 0 Å². The van der Waals surface area contributed by atoms with Crippen LogP contribution in [0.4, 0.5) is 0 Å². The zero-order valence-corrected chi connectivity index (χ0v) is 19.7. The highest BCUT2D eigenvalue weighted by Crippen LogP contribution is 2.26. The van der Waals surface area contributed by atoms with E-state index >= 15 is 0 Å². The molecule has 0 saturated carbocycles. The highest BCUT2D eigenvalue weighted by atomic mass is 35.5. The second-order valence-corrected chi connectivity index (χ2v) is 10.8. The normalized spacial score (nSPS) is 15.1. The zero-order chi connectivity index (χ0) is 22.1. The van der Waals surface area contributed by atoms with E-state index in [1.807, 2.05) is 25.1 Å². The van der Waals surface area contributed by atoms with Crippen molar-refractivity contribution in [1.29, 1.82) is 0 Å². The van der Waals surface area contributed by atoms with Crippen LogP contribution >= 0.6 is 11.6 Å².